The van der Waals surface area contributed by atoms with Crippen LogP contribution < -0.4 is 4.72 Å². The Kier molecular flexibility index (Phi) is 5.60. The van der Waals surface area contributed by atoms with Gasteiger partial charge in [-0.2, -0.15) is 26.3 Å². The number of hydrogen-bond donors (Lipinski definition) is 2. The molecular weight excluding hydrogens is 400 g/mol. The zero-order chi connectivity index (χ0) is 20.5. The fraction of sp³-hybridized carbons (Fsp3) is 0.250. The molecule has 0 aromatic heterocycles. The normalized spacial score (nSPS) is 15.4. The molecule has 0 bridgehead atoms. The van der Waals surface area contributed by atoms with Crippen LogP contribution in [0, 0.1) is 0 Å². The van der Waals surface area contributed by atoms with Gasteiger partial charge in [-0.15, -0.1) is 0 Å². The van der Waals surface area contributed by atoms with E-state index in [9.17, 15) is 39.9 Å². The second-order valence-electron chi connectivity index (χ2n) is 5.57. The molecule has 2 N–H and O–H groups in total. The molecule has 0 saturated heterocycles. The number of halogens is 6. The molecule has 0 fully saturated rings. The second-order valence-corrected chi connectivity index (χ2v) is 7.34. The molecule has 2 aromatic rings. The van der Waals surface area contributed by atoms with E-state index in [1.165, 1.54) is 18.2 Å². The SMILES string of the molecule is O=S(=O)(NCC(O)(c1ccccc1)C(F)(F)F)c1ccc(C(F)(F)F)cc1. The van der Waals surface area contributed by atoms with E-state index in [4.69, 9.17) is 0 Å². The van der Waals surface area contributed by atoms with Crippen molar-refractivity contribution in [2.24, 2.45) is 0 Å². The van der Waals surface area contributed by atoms with E-state index in [0.717, 1.165) is 12.1 Å². The van der Waals surface area contributed by atoms with Crippen LogP contribution in [0.1, 0.15) is 11.1 Å². The number of nitrogens with one attached hydrogen (secondary N) is 1. The maximum Gasteiger partial charge on any atom is 0.422 e. The molecule has 0 heterocycles. The first-order valence-corrected chi connectivity index (χ1v) is 8.77. The Morgan fingerprint density at radius 3 is 1.78 bits per heavy atom. The third kappa shape index (κ3) is 4.60. The molecule has 4 nitrogen and oxygen atoms in total. The highest BCUT2D eigenvalue weighted by Crippen LogP contribution is 2.38. The second kappa shape index (κ2) is 7.13. The molecule has 27 heavy (non-hydrogen) atoms. The van der Waals surface area contributed by atoms with E-state index < -0.39 is 50.5 Å². The summed E-state index contributed by atoms with van der Waals surface area (Å²) in [5.41, 5.74) is -5.22. The smallest absolute Gasteiger partial charge is 0.375 e. The van der Waals surface area contributed by atoms with Crippen LogP contribution >= 0.6 is 0 Å². The molecule has 0 aliphatic rings. The molecule has 0 radical (unpaired) electrons. The fourth-order valence-corrected chi connectivity index (χ4v) is 3.25. The fourth-order valence-electron chi connectivity index (χ4n) is 2.19. The van der Waals surface area contributed by atoms with E-state index in [0.29, 0.717) is 24.3 Å². The highest BCUT2D eigenvalue weighted by atomic mass is 32.2. The maximum absolute atomic E-state index is 13.3. The van der Waals surface area contributed by atoms with Crippen LogP contribution in [0.25, 0.3) is 0 Å². The molecule has 2 aromatic carbocycles. The zero-order valence-corrected chi connectivity index (χ0v) is 14.2. The highest BCUT2D eigenvalue weighted by molar-refractivity contribution is 7.89. The largest absolute Gasteiger partial charge is 0.422 e. The Hall–Kier alpha value is -2.11. The summed E-state index contributed by atoms with van der Waals surface area (Å²) in [5, 5.41) is 10.1. The lowest BCUT2D eigenvalue weighted by molar-refractivity contribution is -0.263. The van der Waals surface area contributed by atoms with Crippen LogP contribution in [0.4, 0.5) is 26.3 Å². The minimum atomic E-state index is -5.21. The Morgan fingerprint density at radius 1 is 0.815 bits per heavy atom. The Labute approximate surface area is 150 Å². The van der Waals surface area contributed by atoms with Crippen LogP contribution in [0.2, 0.25) is 0 Å². The predicted octanol–water partition coefficient (Wildman–Crippen LogP) is 3.43. The summed E-state index contributed by atoms with van der Waals surface area (Å²) in [7, 11) is -4.60. The predicted molar refractivity (Wildman–Crippen MR) is 83.0 cm³/mol. The van der Waals surface area contributed by atoms with Gasteiger partial charge in [0.2, 0.25) is 10.0 Å². The molecule has 0 amide bonds. The van der Waals surface area contributed by atoms with Crippen molar-refractivity contribution in [3.63, 3.8) is 0 Å². The first-order chi connectivity index (χ1) is 12.3. The highest BCUT2D eigenvalue weighted by Gasteiger charge is 2.55. The van der Waals surface area contributed by atoms with E-state index in [2.05, 4.69) is 0 Å². The van der Waals surface area contributed by atoms with Crippen molar-refractivity contribution < 1.29 is 39.9 Å². The molecule has 0 aliphatic carbocycles. The summed E-state index contributed by atoms with van der Waals surface area (Å²) in [6, 6.07) is 8.02. The number of rotatable bonds is 5. The summed E-state index contributed by atoms with van der Waals surface area (Å²) in [5.74, 6) is 0. The van der Waals surface area contributed by atoms with Gasteiger partial charge in [-0.1, -0.05) is 30.3 Å². The Balaban J connectivity index is 2.29. The topological polar surface area (TPSA) is 66.4 Å². The maximum atomic E-state index is 13.3. The number of sulfonamides is 1. The van der Waals surface area contributed by atoms with Crippen LogP contribution in [0.3, 0.4) is 0 Å². The van der Waals surface area contributed by atoms with E-state index in [-0.39, 0.29) is 0 Å². The van der Waals surface area contributed by atoms with E-state index in [1.807, 2.05) is 0 Å². The minimum absolute atomic E-state index is 0.488. The van der Waals surface area contributed by atoms with Crippen molar-refractivity contribution in [1.82, 2.24) is 4.72 Å². The van der Waals surface area contributed by atoms with Crippen molar-refractivity contribution in [2.75, 3.05) is 6.54 Å². The Bertz CT molecular complexity index is 879. The molecule has 0 aliphatic heterocycles. The van der Waals surface area contributed by atoms with E-state index in [1.54, 1.807) is 4.72 Å². The molecule has 1 unspecified atom stereocenters. The van der Waals surface area contributed by atoms with E-state index >= 15 is 0 Å². The lowest BCUT2D eigenvalue weighted by atomic mass is 9.93. The summed E-state index contributed by atoms with van der Waals surface area (Å²) in [4.78, 5) is -0.673. The van der Waals surface area contributed by atoms with Gasteiger partial charge >= 0.3 is 12.4 Å². The van der Waals surface area contributed by atoms with Gasteiger partial charge in [-0.3, -0.25) is 0 Å². The number of benzene rings is 2. The van der Waals surface area contributed by atoms with Crippen molar-refractivity contribution >= 4 is 10.0 Å². The molecule has 0 spiro atoms. The van der Waals surface area contributed by atoms with Crippen LogP contribution in [-0.2, 0) is 21.8 Å². The lowest BCUT2D eigenvalue weighted by Crippen LogP contribution is -2.51. The van der Waals surface area contributed by atoms with Crippen molar-refractivity contribution in [1.29, 1.82) is 0 Å². The summed E-state index contributed by atoms with van der Waals surface area (Å²) < 4.78 is 103. The van der Waals surface area contributed by atoms with Crippen molar-refractivity contribution in [3.8, 4) is 0 Å². The van der Waals surface area contributed by atoms with Gasteiger partial charge < -0.3 is 5.11 Å². The van der Waals surface area contributed by atoms with Gasteiger partial charge in [0.15, 0.2) is 5.60 Å². The van der Waals surface area contributed by atoms with Gasteiger partial charge in [0.1, 0.15) is 0 Å². The van der Waals surface area contributed by atoms with Gasteiger partial charge in [-0.25, -0.2) is 13.1 Å². The van der Waals surface area contributed by atoms with Crippen molar-refractivity contribution in [2.45, 2.75) is 22.8 Å². The molecule has 0 saturated carbocycles. The summed E-state index contributed by atoms with van der Waals surface area (Å²) in [6.07, 6.45) is -9.91. The van der Waals surface area contributed by atoms with Gasteiger partial charge in [-0.05, 0) is 29.8 Å². The number of hydrogen-bond acceptors (Lipinski definition) is 3. The summed E-state index contributed by atoms with van der Waals surface area (Å²) in [6.45, 7) is -1.45. The monoisotopic (exact) mass is 413 g/mol. The first kappa shape index (κ1) is 21.2. The van der Waals surface area contributed by atoms with Crippen LogP contribution in [-0.4, -0.2) is 26.2 Å². The number of aliphatic hydroxyl groups is 1. The standard InChI is InChI=1S/C16H13F6NO3S/c17-15(18,19)12-6-8-13(9-7-12)27(25,26)23-10-14(24,16(20,21)22)11-4-2-1-3-5-11/h1-9,23-24H,10H2. The summed E-state index contributed by atoms with van der Waals surface area (Å²) >= 11 is 0. The molecule has 11 heteroatoms. The minimum Gasteiger partial charge on any atom is -0.375 e. The first-order valence-electron chi connectivity index (χ1n) is 7.29. The molecular formula is C16H13F6NO3S. The molecule has 2 rings (SSSR count). The lowest BCUT2D eigenvalue weighted by Gasteiger charge is -2.31. The van der Waals surface area contributed by atoms with Gasteiger partial charge in [0.05, 0.1) is 17.0 Å². The average molecular weight is 413 g/mol. The quantitative estimate of drug-likeness (QED) is 0.739. The van der Waals surface area contributed by atoms with Gasteiger partial charge in [0, 0.05) is 0 Å². The third-order valence-electron chi connectivity index (χ3n) is 3.73. The Morgan fingerprint density at radius 2 is 1.33 bits per heavy atom. The van der Waals surface area contributed by atoms with Gasteiger partial charge in [0.25, 0.3) is 0 Å². The molecule has 148 valence electrons. The van der Waals surface area contributed by atoms with Crippen LogP contribution in [0.15, 0.2) is 59.5 Å². The van der Waals surface area contributed by atoms with Crippen LogP contribution in [0.5, 0.6) is 0 Å². The number of alkyl halides is 6. The zero-order valence-electron chi connectivity index (χ0n) is 13.3. The van der Waals surface area contributed by atoms with Crippen molar-refractivity contribution in [3.05, 3.63) is 65.7 Å². The molecule has 1 atom stereocenters. The third-order valence-corrected chi connectivity index (χ3v) is 5.15. The average Bonchev–Trinajstić information content (AvgIpc) is 2.59.